The van der Waals surface area contributed by atoms with Crippen LogP contribution in [-0.4, -0.2) is 29.0 Å². The van der Waals surface area contributed by atoms with E-state index in [-0.39, 0.29) is 11.8 Å². The van der Waals surface area contributed by atoms with Crippen molar-refractivity contribution in [2.75, 3.05) is 18.0 Å². The summed E-state index contributed by atoms with van der Waals surface area (Å²) in [7, 11) is 0. The second-order valence-electron chi connectivity index (χ2n) is 7.82. The van der Waals surface area contributed by atoms with Crippen molar-refractivity contribution in [3.8, 4) is 0 Å². The predicted octanol–water partition coefficient (Wildman–Crippen LogP) is 4.22. The monoisotopic (exact) mass is 400 g/mol. The first-order valence-corrected chi connectivity index (χ1v) is 10.7. The first-order valence-electron chi connectivity index (χ1n) is 10.7. The van der Waals surface area contributed by atoms with E-state index in [2.05, 4.69) is 15.2 Å². The standard InChI is InChI=1S/C25H28N4O/c1-19-17-22(28-25(27-19)29-15-9-4-10-16-29)18-26-24(30)23(20-11-5-2-6-12-20)21-13-7-3-8-14-21/h2-3,5-8,11-14,17,23H,4,9-10,15-16,18H2,1H3,(H,26,30). The molecule has 0 aliphatic carbocycles. The topological polar surface area (TPSA) is 58.1 Å². The maximum atomic E-state index is 13.2. The molecule has 2 aromatic carbocycles. The number of carbonyl (C=O) groups excluding carboxylic acids is 1. The van der Waals surface area contributed by atoms with Crippen LogP contribution in [0.2, 0.25) is 0 Å². The predicted molar refractivity (Wildman–Crippen MR) is 119 cm³/mol. The molecule has 0 saturated carbocycles. The molecule has 1 amide bonds. The second kappa shape index (κ2) is 9.53. The molecular formula is C25H28N4O. The molecule has 0 spiro atoms. The van der Waals surface area contributed by atoms with Crippen molar-refractivity contribution in [3.63, 3.8) is 0 Å². The Labute approximate surface area is 178 Å². The first-order chi connectivity index (χ1) is 14.7. The van der Waals surface area contributed by atoms with Crippen molar-refractivity contribution in [1.82, 2.24) is 15.3 Å². The molecule has 0 unspecified atom stereocenters. The van der Waals surface area contributed by atoms with Gasteiger partial charge in [0.15, 0.2) is 0 Å². The Morgan fingerprint density at radius 3 is 2.13 bits per heavy atom. The van der Waals surface area contributed by atoms with Crippen molar-refractivity contribution in [1.29, 1.82) is 0 Å². The largest absolute Gasteiger partial charge is 0.350 e. The summed E-state index contributed by atoms with van der Waals surface area (Å²) >= 11 is 0. The van der Waals surface area contributed by atoms with E-state index >= 15 is 0 Å². The average molecular weight is 401 g/mol. The number of piperidine rings is 1. The number of anilines is 1. The number of nitrogens with one attached hydrogen (secondary N) is 1. The molecule has 1 fully saturated rings. The zero-order valence-corrected chi connectivity index (χ0v) is 17.4. The number of nitrogens with zero attached hydrogens (tertiary/aromatic N) is 3. The summed E-state index contributed by atoms with van der Waals surface area (Å²) < 4.78 is 0. The molecule has 1 aliphatic heterocycles. The smallest absolute Gasteiger partial charge is 0.232 e. The van der Waals surface area contributed by atoms with E-state index in [9.17, 15) is 4.79 Å². The van der Waals surface area contributed by atoms with Gasteiger partial charge in [0.25, 0.3) is 0 Å². The lowest BCUT2D eigenvalue weighted by Gasteiger charge is -2.27. The SMILES string of the molecule is Cc1cc(CNC(=O)C(c2ccccc2)c2ccccc2)nc(N2CCCCC2)n1. The van der Waals surface area contributed by atoms with Gasteiger partial charge in [0.05, 0.1) is 18.2 Å². The summed E-state index contributed by atoms with van der Waals surface area (Å²) in [6.07, 6.45) is 3.63. The van der Waals surface area contributed by atoms with Crippen molar-refractivity contribution in [2.24, 2.45) is 0 Å². The number of benzene rings is 2. The van der Waals surface area contributed by atoms with Crippen LogP contribution in [-0.2, 0) is 11.3 Å². The van der Waals surface area contributed by atoms with Crippen LogP contribution in [0, 0.1) is 6.92 Å². The lowest BCUT2D eigenvalue weighted by Crippen LogP contribution is -2.32. The van der Waals surface area contributed by atoms with E-state index in [4.69, 9.17) is 4.98 Å². The van der Waals surface area contributed by atoms with Crippen LogP contribution in [0.5, 0.6) is 0 Å². The number of amides is 1. The molecule has 0 radical (unpaired) electrons. The van der Waals surface area contributed by atoms with E-state index in [0.717, 1.165) is 41.6 Å². The second-order valence-corrected chi connectivity index (χ2v) is 7.82. The third kappa shape index (κ3) is 4.85. The summed E-state index contributed by atoms with van der Waals surface area (Å²) in [6, 6.07) is 21.8. The molecule has 1 saturated heterocycles. The summed E-state index contributed by atoms with van der Waals surface area (Å²) in [5.41, 5.74) is 3.73. The van der Waals surface area contributed by atoms with Gasteiger partial charge in [-0.3, -0.25) is 4.79 Å². The Balaban J connectivity index is 1.52. The summed E-state index contributed by atoms with van der Waals surface area (Å²) in [5.74, 6) is 0.404. The van der Waals surface area contributed by atoms with Gasteiger partial charge < -0.3 is 10.2 Å². The number of aromatic nitrogens is 2. The van der Waals surface area contributed by atoms with Crippen LogP contribution in [0.4, 0.5) is 5.95 Å². The molecule has 5 nitrogen and oxygen atoms in total. The molecule has 5 heteroatoms. The molecule has 4 rings (SSSR count). The van der Waals surface area contributed by atoms with Gasteiger partial charge in [-0.25, -0.2) is 9.97 Å². The Morgan fingerprint density at radius 2 is 1.53 bits per heavy atom. The lowest BCUT2D eigenvalue weighted by atomic mass is 9.90. The van der Waals surface area contributed by atoms with Gasteiger partial charge in [-0.05, 0) is 43.4 Å². The van der Waals surface area contributed by atoms with Crippen LogP contribution in [0.25, 0.3) is 0 Å². The number of rotatable bonds is 6. The number of hydrogen-bond donors (Lipinski definition) is 1. The highest BCUT2D eigenvalue weighted by Crippen LogP contribution is 2.25. The minimum Gasteiger partial charge on any atom is -0.350 e. The highest BCUT2D eigenvalue weighted by Gasteiger charge is 2.22. The third-order valence-corrected chi connectivity index (χ3v) is 5.51. The number of hydrogen-bond acceptors (Lipinski definition) is 4. The van der Waals surface area contributed by atoms with Gasteiger partial charge in [0, 0.05) is 18.8 Å². The highest BCUT2D eigenvalue weighted by molar-refractivity contribution is 5.87. The van der Waals surface area contributed by atoms with Gasteiger partial charge >= 0.3 is 0 Å². The normalized spacial score (nSPS) is 14.0. The number of aryl methyl sites for hydroxylation is 1. The molecule has 154 valence electrons. The van der Waals surface area contributed by atoms with Gasteiger partial charge in [-0.1, -0.05) is 60.7 Å². The first kappa shape index (κ1) is 20.1. The number of carbonyl (C=O) groups is 1. The summed E-state index contributed by atoms with van der Waals surface area (Å²) in [5, 5.41) is 3.11. The summed E-state index contributed by atoms with van der Waals surface area (Å²) in [4.78, 5) is 24.8. The Hall–Kier alpha value is -3.21. The molecule has 1 N–H and O–H groups in total. The van der Waals surface area contributed by atoms with Gasteiger partial charge in [-0.15, -0.1) is 0 Å². The minimum atomic E-state index is -0.350. The van der Waals surface area contributed by atoms with Crippen LogP contribution in [0.15, 0.2) is 66.7 Å². The molecule has 1 aromatic heterocycles. The fourth-order valence-electron chi connectivity index (χ4n) is 4.01. The maximum absolute atomic E-state index is 13.2. The van der Waals surface area contributed by atoms with Crippen molar-refractivity contribution < 1.29 is 4.79 Å². The van der Waals surface area contributed by atoms with Crippen molar-refractivity contribution >= 4 is 11.9 Å². The van der Waals surface area contributed by atoms with E-state index in [1.165, 1.54) is 19.3 Å². The quantitative estimate of drug-likeness (QED) is 0.673. The van der Waals surface area contributed by atoms with E-state index in [0.29, 0.717) is 6.54 Å². The molecule has 1 aliphatic rings. The van der Waals surface area contributed by atoms with Gasteiger partial charge in [0.1, 0.15) is 0 Å². The minimum absolute atomic E-state index is 0.0248. The summed E-state index contributed by atoms with van der Waals surface area (Å²) in [6.45, 7) is 4.37. The maximum Gasteiger partial charge on any atom is 0.232 e. The van der Waals surface area contributed by atoms with Crippen LogP contribution >= 0.6 is 0 Å². The van der Waals surface area contributed by atoms with Crippen molar-refractivity contribution in [3.05, 3.63) is 89.2 Å². The molecular weight excluding hydrogens is 372 g/mol. The fraction of sp³-hybridized carbons (Fsp3) is 0.320. The zero-order valence-electron chi connectivity index (χ0n) is 17.4. The third-order valence-electron chi connectivity index (χ3n) is 5.51. The van der Waals surface area contributed by atoms with E-state index < -0.39 is 0 Å². The van der Waals surface area contributed by atoms with E-state index in [1.807, 2.05) is 73.7 Å². The van der Waals surface area contributed by atoms with Crippen LogP contribution in [0.1, 0.15) is 47.7 Å². The average Bonchev–Trinajstić information content (AvgIpc) is 2.80. The van der Waals surface area contributed by atoms with Crippen LogP contribution in [0.3, 0.4) is 0 Å². The lowest BCUT2D eigenvalue weighted by molar-refractivity contribution is -0.121. The fourth-order valence-corrected chi connectivity index (χ4v) is 4.01. The molecule has 3 aromatic rings. The molecule has 0 atom stereocenters. The van der Waals surface area contributed by atoms with E-state index in [1.54, 1.807) is 0 Å². The van der Waals surface area contributed by atoms with Gasteiger partial charge in [-0.2, -0.15) is 0 Å². The Kier molecular flexibility index (Phi) is 6.38. The van der Waals surface area contributed by atoms with Crippen LogP contribution < -0.4 is 10.2 Å². The Bertz CT molecular complexity index is 929. The van der Waals surface area contributed by atoms with Crippen molar-refractivity contribution in [2.45, 2.75) is 38.6 Å². The van der Waals surface area contributed by atoms with Gasteiger partial charge in [0.2, 0.25) is 11.9 Å². The molecule has 30 heavy (non-hydrogen) atoms. The Morgan fingerprint density at radius 1 is 0.933 bits per heavy atom. The molecule has 0 bridgehead atoms. The molecule has 2 heterocycles. The zero-order chi connectivity index (χ0) is 20.8. The highest BCUT2D eigenvalue weighted by atomic mass is 16.1.